The highest BCUT2D eigenvalue weighted by Crippen LogP contribution is 2.23. The van der Waals surface area contributed by atoms with Gasteiger partial charge >= 0.3 is 0 Å². The van der Waals surface area contributed by atoms with Gasteiger partial charge in [-0.15, -0.1) is 0 Å². The van der Waals surface area contributed by atoms with Crippen molar-refractivity contribution in [1.82, 2.24) is 20.0 Å². The van der Waals surface area contributed by atoms with Gasteiger partial charge in [0.25, 0.3) is 5.91 Å². The zero-order valence-electron chi connectivity index (χ0n) is 11.8. The highest BCUT2D eigenvalue weighted by atomic mass is 16.1. The number of aromatic nitrogens is 4. The average Bonchev–Trinajstić information content (AvgIpc) is 3.07. The van der Waals surface area contributed by atoms with Crippen molar-refractivity contribution in [1.29, 1.82) is 0 Å². The van der Waals surface area contributed by atoms with Gasteiger partial charge < -0.3 is 10.3 Å². The van der Waals surface area contributed by atoms with E-state index in [2.05, 4.69) is 46.0 Å². The van der Waals surface area contributed by atoms with E-state index in [0.29, 0.717) is 5.69 Å². The first-order chi connectivity index (χ1) is 10.1. The van der Waals surface area contributed by atoms with Crippen molar-refractivity contribution in [3.8, 4) is 16.9 Å². The predicted octanol–water partition coefficient (Wildman–Crippen LogP) is 1.98. The maximum absolute atomic E-state index is 11.3. The number of amides is 1. The number of nitrogens with zero attached hydrogens (tertiary/aromatic N) is 3. The van der Waals surface area contributed by atoms with Crippen LogP contribution in [-0.4, -0.2) is 25.9 Å². The normalized spacial score (nSPS) is 10.8. The first kappa shape index (κ1) is 13.1. The van der Waals surface area contributed by atoms with Crippen LogP contribution in [0.25, 0.3) is 16.9 Å². The average molecular weight is 281 g/mol. The summed E-state index contributed by atoms with van der Waals surface area (Å²) < 4.78 is 2.15. The van der Waals surface area contributed by atoms with E-state index in [-0.39, 0.29) is 5.69 Å². The van der Waals surface area contributed by atoms with E-state index in [0.717, 1.165) is 11.3 Å². The topological polar surface area (TPSA) is 89.6 Å². The largest absolute Gasteiger partial charge is 0.364 e. The molecule has 0 radical (unpaired) electrons. The number of carbonyl (C=O) groups is 1. The zero-order chi connectivity index (χ0) is 15.0. The Kier molecular flexibility index (Phi) is 3.06. The van der Waals surface area contributed by atoms with E-state index >= 15 is 0 Å². The van der Waals surface area contributed by atoms with Crippen molar-refractivity contribution < 1.29 is 4.79 Å². The summed E-state index contributed by atoms with van der Waals surface area (Å²) in [4.78, 5) is 11.3. The van der Waals surface area contributed by atoms with Crippen LogP contribution in [0.5, 0.6) is 0 Å². The van der Waals surface area contributed by atoms with E-state index in [9.17, 15) is 4.79 Å². The Labute approximate surface area is 121 Å². The molecule has 106 valence electrons. The molecule has 0 atom stereocenters. The third kappa shape index (κ3) is 2.20. The van der Waals surface area contributed by atoms with Crippen LogP contribution < -0.4 is 5.73 Å². The van der Waals surface area contributed by atoms with Crippen molar-refractivity contribution in [2.24, 2.45) is 5.73 Å². The fraction of sp³-hybridized carbons (Fsp3) is 0.133. The Balaban J connectivity index is 2.02. The van der Waals surface area contributed by atoms with Crippen molar-refractivity contribution in [3.05, 3.63) is 53.5 Å². The molecule has 0 saturated heterocycles. The van der Waals surface area contributed by atoms with Crippen molar-refractivity contribution in [2.45, 2.75) is 13.8 Å². The number of hydrogen-bond donors (Lipinski definition) is 2. The molecule has 2 heterocycles. The summed E-state index contributed by atoms with van der Waals surface area (Å²) in [5, 5.41) is 10.2. The summed E-state index contributed by atoms with van der Waals surface area (Å²) in [7, 11) is 0. The van der Waals surface area contributed by atoms with E-state index in [1.54, 1.807) is 0 Å². The molecule has 6 nitrogen and oxygen atoms in total. The maximum atomic E-state index is 11.3. The Bertz CT molecular complexity index is 778. The van der Waals surface area contributed by atoms with Gasteiger partial charge in [0.1, 0.15) is 5.69 Å². The Morgan fingerprint density at radius 2 is 1.67 bits per heavy atom. The van der Waals surface area contributed by atoms with Gasteiger partial charge in [-0.25, -0.2) is 0 Å². The third-order valence-electron chi connectivity index (χ3n) is 3.45. The third-order valence-corrected chi connectivity index (χ3v) is 3.45. The fourth-order valence-electron chi connectivity index (χ4n) is 2.45. The van der Waals surface area contributed by atoms with Crippen molar-refractivity contribution >= 4 is 5.91 Å². The SMILES string of the molecule is Cc1ccc(C)n1-c1ccc(-c2n[nH]nc2C(N)=O)cc1. The lowest BCUT2D eigenvalue weighted by molar-refractivity contribution is 0.0996. The number of aryl methyl sites for hydroxylation is 2. The lowest BCUT2D eigenvalue weighted by atomic mass is 10.1. The second kappa shape index (κ2) is 4.90. The minimum Gasteiger partial charge on any atom is -0.364 e. The minimum atomic E-state index is -0.597. The molecule has 1 aromatic carbocycles. The lowest BCUT2D eigenvalue weighted by Crippen LogP contribution is -2.12. The molecule has 0 aliphatic rings. The van der Waals surface area contributed by atoms with Crippen LogP contribution in [0.15, 0.2) is 36.4 Å². The van der Waals surface area contributed by atoms with Gasteiger partial charge in [0.05, 0.1) is 0 Å². The van der Waals surface area contributed by atoms with Crippen LogP contribution in [0.3, 0.4) is 0 Å². The molecule has 0 bridgehead atoms. The number of nitrogens with two attached hydrogens (primary N) is 1. The summed E-state index contributed by atoms with van der Waals surface area (Å²) in [6, 6.07) is 11.9. The van der Waals surface area contributed by atoms with Gasteiger partial charge in [-0.2, -0.15) is 15.4 Å². The summed E-state index contributed by atoms with van der Waals surface area (Å²) in [5.74, 6) is -0.597. The van der Waals surface area contributed by atoms with Gasteiger partial charge in [-0.3, -0.25) is 4.79 Å². The monoisotopic (exact) mass is 281 g/mol. The number of benzene rings is 1. The number of rotatable bonds is 3. The molecule has 3 rings (SSSR count). The Morgan fingerprint density at radius 3 is 2.24 bits per heavy atom. The number of carbonyl (C=O) groups excluding carboxylic acids is 1. The van der Waals surface area contributed by atoms with E-state index in [1.165, 1.54) is 11.4 Å². The minimum absolute atomic E-state index is 0.149. The van der Waals surface area contributed by atoms with Gasteiger partial charge in [0.15, 0.2) is 5.69 Å². The smallest absolute Gasteiger partial charge is 0.271 e. The summed E-state index contributed by atoms with van der Waals surface area (Å²) >= 11 is 0. The van der Waals surface area contributed by atoms with E-state index in [1.807, 2.05) is 24.3 Å². The molecule has 0 aliphatic heterocycles. The Morgan fingerprint density at radius 1 is 1.05 bits per heavy atom. The molecular formula is C15H15N5O. The molecule has 0 fully saturated rings. The summed E-state index contributed by atoms with van der Waals surface area (Å²) in [5.41, 5.74) is 10.1. The van der Waals surface area contributed by atoms with Crippen LogP contribution in [0.2, 0.25) is 0 Å². The van der Waals surface area contributed by atoms with Crippen LogP contribution in [0, 0.1) is 13.8 Å². The second-order valence-corrected chi connectivity index (χ2v) is 4.88. The molecule has 21 heavy (non-hydrogen) atoms. The zero-order valence-corrected chi connectivity index (χ0v) is 11.8. The summed E-state index contributed by atoms with van der Waals surface area (Å²) in [6.07, 6.45) is 0. The maximum Gasteiger partial charge on any atom is 0.271 e. The molecule has 0 aliphatic carbocycles. The van der Waals surface area contributed by atoms with Crippen LogP contribution >= 0.6 is 0 Å². The van der Waals surface area contributed by atoms with Crippen LogP contribution in [-0.2, 0) is 0 Å². The van der Waals surface area contributed by atoms with Gasteiger partial charge in [-0.1, -0.05) is 12.1 Å². The van der Waals surface area contributed by atoms with Crippen molar-refractivity contribution in [2.75, 3.05) is 0 Å². The molecule has 3 N–H and O–H groups in total. The van der Waals surface area contributed by atoms with Crippen LogP contribution in [0.1, 0.15) is 21.9 Å². The highest BCUT2D eigenvalue weighted by molar-refractivity contribution is 5.96. The number of aromatic amines is 1. The van der Waals surface area contributed by atoms with Gasteiger partial charge in [-0.05, 0) is 38.1 Å². The van der Waals surface area contributed by atoms with Gasteiger partial charge in [0, 0.05) is 22.6 Å². The fourth-order valence-corrected chi connectivity index (χ4v) is 2.45. The van der Waals surface area contributed by atoms with E-state index in [4.69, 9.17) is 5.73 Å². The molecule has 2 aromatic heterocycles. The first-order valence-electron chi connectivity index (χ1n) is 6.54. The molecular weight excluding hydrogens is 266 g/mol. The van der Waals surface area contributed by atoms with E-state index < -0.39 is 5.91 Å². The molecule has 0 unspecified atom stereocenters. The highest BCUT2D eigenvalue weighted by Gasteiger charge is 2.15. The number of nitrogens with one attached hydrogen (secondary N) is 1. The second-order valence-electron chi connectivity index (χ2n) is 4.88. The van der Waals surface area contributed by atoms with Crippen LogP contribution in [0.4, 0.5) is 0 Å². The number of primary amides is 1. The van der Waals surface area contributed by atoms with Gasteiger partial charge in [0.2, 0.25) is 0 Å². The Hall–Kier alpha value is -2.89. The standard InChI is InChI=1S/C15H15N5O/c1-9-3-4-10(2)20(9)12-7-5-11(6-8-12)13-14(15(16)21)18-19-17-13/h3-8H,1-2H3,(H2,16,21)(H,17,18,19). The lowest BCUT2D eigenvalue weighted by Gasteiger charge is -2.09. The quantitative estimate of drug-likeness (QED) is 0.769. The molecule has 0 spiro atoms. The molecule has 6 heteroatoms. The molecule has 1 amide bonds. The molecule has 3 aromatic rings. The number of H-pyrrole nitrogens is 1. The molecule has 0 saturated carbocycles. The summed E-state index contributed by atoms with van der Waals surface area (Å²) in [6.45, 7) is 4.12. The first-order valence-corrected chi connectivity index (χ1v) is 6.54. The predicted molar refractivity (Wildman–Crippen MR) is 79.1 cm³/mol. The van der Waals surface area contributed by atoms with Crippen molar-refractivity contribution in [3.63, 3.8) is 0 Å². The number of hydrogen-bond acceptors (Lipinski definition) is 3.